The minimum absolute atomic E-state index is 0.473. The number of hydrogen-bond acceptors (Lipinski definition) is 3. The summed E-state index contributed by atoms with van der Waals surface area (Å²) in [5, 5.41) is 4.91. The molecule has 0 saturated heterocycles. The lowest BCUT2D eigenvalue weighted by molar-refractivity contribution is 0.942. The maximum Gasteiger partial charge on any atom is 0.165 e. The van der Waals surface area contributed by atoms with E-state index in [0.717, 1.165) is 16.8 Å². The third-order valence-electron chi connectivity index (χ3n) is 2.53. The summed E-state index contributed by atoms with van der Waals surface area (Å²) in [6, 6.07) is 9.28. The summed E-state index contributed by atoms with van der Waals surface area (Å²) in [6.07, 6.45) is 3.54. The normalized spacial score (nSPS) is 10.9. The van der Waals surface area contributed by atoms with E-state index in [2.05, 4.69) is 10.1 Å². The number of aromatic nitrogens is 3. The van der Waals surface area contributed by atoms with E-state index >= 15 is 0 Å². The molecule has 0 aliphatic carbocycles. The van der Waals surface area contributed by atoms with E-state index < -0.39 is 0 Å². The fourth-order valence-electron chi connectivity index (χ4n) is 1.74. The van der Waals surface area contributed by atoms with Crippen molar-refractivity contribution in [2.45, 2.75) is 0 Å². The molecule has 17 heavy (non-hydrogen) atoms. The lowest BCUT2D eigenvalue weighted by Crippen LogP contribution is -1.95. The maximum absolute atomic E-state index is 5.97. The van der Waals surface area contributed by atoms with E-state index in [0.29, 0.717) is 10.8 Å². The summed E-state index contributed by atoms with van der Waals surface area (Å²) in [5.74, 6) is 0.473. The van der Waals surface area contributed by atoms with Crippen molar-refractivity contribution in [3.8, 4) is 11.1 Å². The van der Waals surface area contributed by atoms with Crippen molar-refractivity contribution in [1.82, 2.24) is 14.6 Å². The van der Waals surface area contributed by atoms with Crippen LogP contribution in [0.15, 0.2) is 42.7 Å². The summed E-state index contributed by atoms with van der Waals surface area (Å²) in [6.45, 7) is 0. The first-order chi connectivity index (χ1) is 8.24. The zero-order chi connectivity index (χ0) is 11.8. The topological polar surface area (TPSA) is 56.2 Å². The number of rotatable bonds is 1. The van der Waals surface area contributed by atoms with Gasteiger partial charge in [-0.2, -0.15) is 5.10 Å². The Morgan fingerprint density at radius 1 is 1.24 bits per heavy atom. The van der Waals surface area contributed by atoms with E-state index in [-0.39, 0.29) is 0 Å². The molecule has 0 aliphatic heterocycles. The molecule has 5 heteroatoms. The van der Waals surface area contributed by atoms with Crippen LogP contribution in [0.2, 0.25) is 5.02 Å². The van der Waals surface area contributed by atoms with Gasteiger partial charge in [0.1, 0.15) is 5.82 Å². The molecule has 2 N–H and O–H groups in total. The van der Waals surface area contributed by atoms with Crippen LogP contribution in [0.25, 0.3) is 16.8 Å². The molecule has 0 amide bonds. The highest BCUT2D eigenvalue weighted by Gasteiger charge is 2.08. The second kappa shape index (κ2) is 3.75. The lowest BCUT2D eigenvalue weighted by atomic mass is 10.1. The van der Waals surface area contributed by atoms with Gasteiger partial charge in [0.2, 0.25) is 0 Å². The second-order valence-corrected chi connectivity index (χ2v) is 4.13. The standard InChI is InChI=1S/C12H9ClN4/c13-9-3-1-2-8(6-9)10-7-15-17-5-4-11(14)16-12(10)17/h1-7H,(H2,14,16). The van der Waals surface area contributed by atoms with Crippen LogP contribution in [0, 0.1) is 0 Å². The van der Waals surface area contributed by atoms with Gasteiger partial charge in [-0.05, 0) is 23.8 Å². The molecule has 84 valence electrons. The van der Waals surface area contributed by atoms with Gasteiger partial charge in [0.05, 0.1) is 6.20 Å². The Labute approximate surface area is 103 Å². The Hall–Kier alpha value is -2.07. The van der Waals surface area contributed by atoms with Gasteiger partial charge < -0.3 is 5.73 Å². The molecule has 0 aliphatic rings. The molecule has 4 nitrogen and oxygen atoms in total. The van der Waals surface area contributed by atoms with Crippen LogP contribution in [0.5, 0.6) is 0 Å². The Morgan fingerprint density at radius 2 is 2.12 bits per heavy atom. The van der Waals surface area contributed by atoms with Crippen LogP contribution < -0.4 is 5.73 Å². The highest BCUT2D eigenvalue weighted by Crippen LogP contribution is 2.25. The molecule has 2 aromatic heterocycles. The first-order valence-corrected chi connectivity index (χ1v) is 5.47. The fraction of sp³-hybridized carbons (Fsp3) is 0. The maximum atomic E-state index is 5.97. The average Bonchev–Trinajstić information content (AvgIpc) is 2.71. The van der Waals surface area contributed by atoms with E-state index in [4.69, 9.17) is 17.3 Å². The molecular weight excluding hydrogens is 236 g/mol. The van der Waals surface area contributed by atoms with Crippen LogP contribution in [-0.4, -0.2) is 14.6 Å². The van der Waals surface area contributed by atoms with Gasteiger partial charge in [0, 0.05) is 16.8 Å². The number of nitrogens with zero attached hydrogens (tertiary/aromatic N) is 3. The third kappa shape index (κ3) is 1.72. The number of fused-ring (bicyclic) bond motifs is 1. The second-order valence-electron chi connectivity index (χ2n) is 3.69. The number of nitrogens with two attached hydrogens (primary N) is 1. The van der Waals surface area contributed by atoms with Crippen molar-refractivity contribution in [3.63, 3.8) is 0 Å². The molecule has 1 aromatic carbocycles. The minimum atomic E-state index is 0.473. The third-order valence-corrected chi connectivity index (χ3v) is 2.76. The first kappa shape index (κ1) is 10.1. The summed E-state index contributed by atoms with van der Waals surface area (Å²) < 4.78 is 1.69. The lowest BCUT2D eigenvalue weighted by Gasteiger charge is -2.00. The van der Waals surface area contributed by atoms with Gasteiger partial charge >= 0.3 is 0 Å². The van der Waals surface area contributed by atoms with Crippen LogP contribution in [-0.2, 0) is 0 Å². The van der Waals surface area contributed by atoms with E-state index in [1.165, 1.54) is 0 Å². The van der Waals surface area contributed by atoms with Crippen molar-refractivity contribution in [3.05, 3.63) is 47.7 Å². The summed E-state index contributed by atoms with van der Waals surface area (Å²) in [5.41, 5.74) is 8.30. The van der Waals surface area contributed by atoms with Crippen LogP contribution in [0.4, 0.5) is 5.82 Å². The molecule has 0 saturated carbocycles. The predicted octanol–water partition coefficient (Wildman–Crippen LogP) is 2.63. The Kier molecular flexibility index (Phi) is 2.23. The van der Waals surface area contributed by atoms with Gasteiger partial charge in [-0.1, -0.05) is 23.7 Å². The largest absolute Gasteiger partial charge is 0.384 e. The zero-order valence-electron chi connectivity index (χ0n) is 8.84. The molecule has 2 heterocycles. The fourth-order valence-corrected chi connectivity index (χ4v) is 1.93. The number of halogens is 1. The molecular formula is C12H9ClN4. The summed E-state index contributed by atoms with van der Waals surface area (Å²) >= 11 is 5.97. The molecule has 3 aromatic rings. The van der Waals surface area contributed by atoms with Gasteiger partial charge in [-0.15, -0.1) is 0 Å². The summed E-state index contributed by atoms with van der Waals surface area (Å²) in [7, 11) is 0. The highest BCUT2D eigenvalue weighted by atomic mass is 35.5. The minimum Gasteiger partial charge on any atom is -0.384 e. The Morgan fingerprint density at radius 3 is 2.94 bits per heavy atom. The van der Waals surface area contributed by atoms with E-state index in [9.17, 15) is 0 Å². The van der Waals surface area contributed by atoms with Crippen molar-refractivity contribution in [1.29, 1.82) is 0 Å². The van der Waals surface area contributed by atoms with Gasteiger partial charge in [0.25, 0.3) is 0 Å². The van der Waals surface area contributed by atoms with Gasteiger partial charge in [0.15, 0.2) is 5.65 Å². The van der Waals surface area contributed by atoms with Crippen molar-refractivity contribution < 1.29 is 0 Å². The van der Waals surface area contributed by atoms with E-state index in [1.807, 2.05) is 24.3 Å². The molecule has 0 bridgehead atoms. The quantitative estimate of drug-likeness (QED) is 0.716. The number of benzene rings is 1. The molecule has 0 fully saturated rings. The molecule has 0 unspecified atom stereocenters. The Bertz CT molecular complexity index is 690. The van der Waals surface area contributed by atoms with Crippen LogP contribution in [0.3, 0.4) is 0 Å². The average molecular weight is 245 g/mol. The molecule has 0 radical (unpaired) electrons. The van der Waals surface area contributed by atoms with E-state index in [1.54, 1.807) is 23.0 Å². The monoisotopic (exact) mass is 244 g/mol. The van der Waals surface area contributed by atoms with Crippen molar-refractivity contribution in [2.75, 3.05) is 5.73 Å². The SMILES string of the molecule is Nc1ccn2ncc(-c3cccc(Cl)c3)c2n1. The molecule has 3 rings (SSSR count). The summed E-state index contributed by atoms with van der Waals surface area (Å²) in [4.78, 5) is 4.28. The highest BCUT2D eigenvalue weighted by molar-refractivity contribution is 6.30. The number of hydrogen-bond donors (Lipinski definition) is 1. The van der Waals surface area contributed by atoms with Crippen molar-refractivity contribution >= 4 is 23.1 Å². The Balaban J connectivity index is 2.27. The van der Waals surface area contributed by atoms with Crippen molar-refractivity contribution in [2.24, 2.45) is 0 Å². The first-order valence-electron chi connectivity index (χ1n) is 5.10. The van der Waals surface area contributed by atoms with Gasteiger partial charge in [-0.25, -0.2) is 9.50 Å². The molecule has 0 atom stereocenters. The van der Waals surface area contributed by atoms with Gasteiger partial charge in [-0.3, -0.25) is 0 Å². The number of anilines is 1. The van der Waals surface area contributed by atoms with Crippen LogP contribution in [0.1, 0.15) is 0 Å². The zero-order valence-corrected chi connectivity index (χ0v) is 9.59. The predicted molar refractivity (Wildman–Crippen MR) is 67.8 cm³/mol. The number of nitrogen functional groups attached to an aromatic ring is 1. The molecule has 0 spiro atoms. The smallest absolute Gasteiger partial charge is 0.165 e. The van der Waals surface area contributed by atoms with Crippen LogP contribution >= 0.6 is 11.6 Å².